The van der Waals surface area contributed by atoms with E-state index in [1.807, 2.05) is 6.07 Å². The van der Waals surface area contributed by atoms with Crippen LogP contribution in [0.4, 0.5) is 10.5 Å². The van der Waals surface area contributed by atoms with E-state index < -0.39 is 27.6 Å². The van der Waals surface area contributed by atoms with Crippen molar-refractivity contribution in [1.82, 2.24) is 14.6 Å². The predicted molar refractivity (Wildman–Crippen MR) is 143 cm³/mol. The number of nitrogens with one attached hydrogen (secondary N) is 2. The molecule has 0 radical (unpaired) electrons. The Kier molecular flexibility index (Phi) is 7.37. The molecule has 2 amide bonds. The van der Waals surface area contributed by atoms with E-state index in [4.69, 9.17) is 10.5 Å². The zero-order valence-corrected chi connectivity index (χ0v) is 22.3. The number of amides is 2. The molecule has 200 valence electrons. The molecule has 1 saturated carbocycles. The molecule has 0 unspecified atom stereocenters. The minimum absolute atomic E-state index is 0.0634. The lowest BCUT2D eigenvalue weighted by atomic mass is 9.91. The number of anilines is 1. The Morgan fingerprint density at radius 3 is 2.29 bits per heavy atom. The lowest BCUT2D eigenvalue weighted by Crippen LogP contribution is -2.45. The van der Waals surface area contributed by atoms with Crippen molar-refractivity contribution in [3.8, 4) is 6.07 Å². The Labute approximate surface area is 221 Å². The molecule has 4 rings (SSSR count). The number of ether oxygens (including phenoxy) is 1. The van der Waals surface area contributed by atoms with E-state index in [1.54, 1.807) is 39.0 Å². The largest absolute Gasteiger partial charge is 0.444 e. The summed E-state index contributed by atoms with van der Waals surface area (Å²) in [4.78, 5) is 25.5. The standard InChI is InChI=1S/C27H31N5O5S/c1-27(2,3)37-26(34)31-21-11-9-20(10-12-21)30-25(33)24-14-18-8-7-17(16-28)13-23(18)32(24)38(35,36)22-6-4-5-19(29)15-22/h4-8,13-15,20-21H,9-12,29H2,1-3H3,(H,30,33)(H,31,34). The van der Waals surface area contributed by atoms with Crippen LogP contribution in [-0.2, 0) is 14.8 Å². The summed E-state index contributed by atoms with van der Waals surface area (Å²) in [7, 11) is -4.22. The first-order chi connectivity index (χ1) is 17.9. The van der Waals surface area contributed by atoms with Crippen molar-refractivity contribution in [2.45, 2.75) is 69.0 Å². The van der Waals surface area contributed by atoms with E-state index in [0.29, 0.717) is 31.1 Å². The number of nitriles is 1. The summed E-state index contributed by atoms with van der Waals surface area (Å²) >= 11 is 0. The Hall–Kier alpha value is -4.04. The van der Waals surface area contributed by atoms with E-state index >= 15 is 0 Å². The van der Waals surface area contributed by atoms with Crippen LogP contribution < -0.4 is 16.4 Å². The molecule has 1 fully saturated rings. The second-order valence-electron chi connectivity index (χ2n) is 10.4. The number of benzene rings is 2. The van der Waals surface area contributed by atoms with Crippen molar-refractivity contribution >= 4 is 38.6 Å². The van der Waals surface area contributed by atoms with Crippen LogP contribution in [0.25, 0.3) is 10.9 Å². The van der Waals surface area contributed by atoms with Crippen LogP contribution in [0.5, 0.6) is 0 Å². The third-order valence-corrected chi connectivity index (χ3v) is 8.03. The Balaban J connectivity index is 1.57. The summed E-state index contributed by atoms with van der Waals surface area (Å²) in [6.45, 7) is 5.39. The van der Waals surface area contributed by atoms with Crippen LogP contribution in [-0.4, -0.2) is 42.1 Å². The highest BCUT2D eigenvalue weighted by molar-refractivity contribution is 7.90. The Morgan fingerprint density at radius 2 is 1.68 bits per heavy atom. The van der Waals surface area contributed by atoms with Crippen molar-refractivity contribution in [2.75, 3.05) is 5.73 Å². The van der Waals surface area contributed by atoms with E-state index in [9.17, 15) is 23.3 Å². The average molecular weight is 538 g/mol. The molecule has 0 spiro atoms. The van der Waals surface area contributed by atoms with Gasteiger partial charge in [0, 0.05) is 23.2 Å². The fourth-order valence-corrected chi connectivity index (χ4v) is 6.12. The highest BCUT2D eigenvalue weighted by atomic mass is 32.2. The van der Waals surface area contributed by atoms with Gasteiger partial charge in [-0.25, -0.2) is 17.2 Å². The van der Waals surface area contributed by atoms with Gasteiger partial charge in [-0.05, 0) is 82.9 Å². The van der Waals surface area contributed by atoms with Crippen LogP contribution in [0.2, 0.25) is 0 Å². The van der Waals surface area contributed by atoms with Crippen LogP contribution >= 0.6 is 0 Å². The molecule has 1 aliphatic rings. The molecule has 38 heavy (non-hydrogen) atoms. The molecule has 10 nitrogen and oxygen atoms in total. The van der Waals surface area contributed by atoms with Gasteiger partial charge in [-0.15, -0.1) is 0 Å². The van der Waals surface area contributed by atoms with Gasteiger partial charge in [0.1, 0.15) is 11.3 Å². The quantitative estimate of drug-likeness (QED) is 0.417. The molecule has 1 heterocycles. The Morgan fingerprint density at radius 1 is 1.03 bits per heavy atom. The summed E-state index contributed by atoms with van der Waals surface area (Å²) in [5.41, 5.74) is 5.93. The predicted octanol–water partition coefficient (Wildman–Crippen LogP) is 3.90. The number of rotatable bonds is 5. The number of aromatic nitrogens is 1. The lowest BCUT2D eigenvalue weighted by Gasteiger charge is -2.30. The number of nitrogens with zero attached hydrogens (tertiary/aromatic N) is 2. The highest BCUT2D eigenvalue weighted by Crippen LogP contribution is 2.28. The van der Waals surface area contributed by atoms with Crippen molar-refractivity contribution in [2.24, 2.45) is 0 Å². The fraction of sp³-hybridized carbons (Fsp3) is 0.370. The maximum Gasteiger partial charge on any atom is 0.407 e. The molecule has 0 aliphatic heterocycles. The summed E-state index contributed by atoms with van der Waals surface area (Å²) in [5.74, 6) is -0.546. The topological polar surface area (TPSA) is 156 Å². The zero-order valence-electron chi connectivity index (χ0n) is 21.5. The van der Waals surface area contributed by atoms with Gasteiger partial charge >= 0.3 is 6.09 Å². The SMILES string of the molecule is CC(C)(C)OC(=O)NC1CCC(NC(=O)c2cc3ccc(C#N)cc3n2S(=O)(=O)c2cccc(N)c2)CC1. The first-order valence-electron chi connectivity index (χ1n) is 12.3. The van der Waals surface area contributed by atoms with Gasteiger partial charge in [-0.2, -0.15) is 5.26 Å². The van der Waals surface area contributed by atoms with Gasteiger partial charge in [0.25, 0.3) is 15.9 Å². The van der Waals surface area contributed by atoms with Crippen molar-refractivity contribution in [3.05, 3.63) is 59.8 Å². The first-order valence-corrected chi connectivity index (χ1v) is 13.8. The van der Waals surface area contributed by atoms with Gasteiger partial charge < -0.3 is 21.1 Å². The summed E-state index contributed by atoms with van der Waals surface area (Å²) in [5, 5.41) is 15.7. The first kappa shape index (κ1) is 27.0. The molecule has 1 aromatic heterocycles. The van der Waals surface area contributed by atoms with Crippen LogP contribution in [0, 0.1) is 11.3 Å². The van der Waals surface area contributed by atoms with Gasteiger partial charge in [0.15, 0.2) is 0 Å². The lowest BCUT2D eigenvalue weighted by molar-refractivity contribution is 0.0488. The summed E-state index contributed by atoms with van der Waals surface area (Å²) in [6.07, 6.45) is 2.01. The van der Waals surface area contributed by atoms with Crippen molar-refractivity contribution in [1.29, 1.82) is 5.26 Å². The zero-order chi connectivity index (χ0) is 27.7. The fourth-order valence-electron chi connectivity index (χ4n) is 4.56. The molecular weight excluding hydrogens is 506 g/mol. The molecule has 11 heteroatoms. The smallest absolute Gasteiger partial charge is 0.407 e. The van der Waals surface area contributed by atoms with Gasteiger partial charge in [-0.1, -0.05) is 12.1 Å². The second-order valence-corrected chi connectivity index (χ2v) is 12.2. The van der Waals surface area contributed by atoms with E-state index in [2.05, 4.69) is 10.6 Å². The average Bonchev–Trinajstić information content (AvgIpc) is 3.24. The normalized spacial score (nSPS) is 17.9. The number of hydrogen-bond donors (Lipinski definition) is 3. The number of carbonyl (C=O) groups is 2. The number of alkyl carbamates (subject to hydrolysis) is 1. The number of fused-ring (bicyclic) bond motifs is 1. The maximum atomic E-state index is 13.7. The highest BCUT2D eigenvalue weighted by Gasteiger charge is 2.30. The minimum atomic E-state index is -4.22. The number of nitrogens with two attached hydrogens (primary N) is 1. The van der Waals surface area contributed by atoms with E-state index in [1.165, 1.54) is 30.3 Å². The molecule has 1 aliphatic carbocycles. The number of hydrogen-bond acceptors (Lipinski definition) is 7. The maximum absolute atomic E-state index is 13.7. The van der Waals surface area contributed by atoms with Gasteiger partial charge in [0.05, 0.1) is 22.0 Å². The second kappa shape index (κ2) is 10.4. The number of carbonyl (C=O) groups excluding carboxylic acids is 2. The van der Waals surface area contributed by atoms with Gasteiger partial charge in [-0.3, -0.25) is 4.79 Å². The van der Waals surface area contributed by atoms with Crippen LogP contribution in [0.3, 0.4) is 0 Å². The van der Waals surface area contributed by atoms with E-state index in [-0.39, 0.29) is 39.4 Å². The van der Waals surface area contributed by atoms with Gasteiger partial charge in [0.2, 0.25) is 0 Å². The Bertz CT molecular complexity index is 1520. The molecule has 2 aromatic carbocycles. The molecule has 4 N–H and O–H groups in total. The van der Waals surface area contributed by atoms with Crippen molar-refractivity contribution < 1.29 is 22.7 Å². The molecule has 0 bridgehead atoms. The van der Waals surface area contributed by atoms with Crippen LogP contribution in [0.15, 0.2) is 53.4 Å². The van der Waals surface area contributed by atoms with E-state index in [0.717, 1.165) is 3.97 Å². The van der Waals surface area contributed by atoms with Crippen molar-refractivity contribution in [3.63, 3.8) is 0 Å². The third kappa shape index (κ3) is 5.92. The third-order valence-electron chi connectivity index (χ3n) is 6.30. The summed E-state index contributed by atoms with van der Waals surface area (Å²) < 4.78 is 33.7. The monoisotopic (exact) mass is 537 g/mol. The summed E-state index contributed by atoms with van der Waals surface area (Å²) in [6, 6.07) is 13.7. The molecule has 0 saturated heterocycles. The molecule has 3 aromatic rings. The molecular formula is C27H31N5O5S. The van der Waals surface area contributed by atoms with Crippen LogP contribution in [0.1, 0.15) is 62.5 Å². The number of nitrogen functional groups attached to an aromatic ring is 1. The minimum Gasteiger partial charge on any atom is -0.444 e. The molecule has 0 atom stereocenters.